The lowest BCUT2D eigenvalue weighted by atomic mass is 9.78. The summed E-state index contributed by atoms with van der Waals surface area (Å²) in [4.78, 5) is 17.6. The van der Waals surface area contributed by atoms with E-state index in [4.69, 9.17) is 0 Å². The number of hydrogen-bond donors (Lipinski definition) is 1. The molecule has 136 valence electrons. The number of piperidine rings is 1. The fourth-order valence-corrected chi connectivity index (χ4v) is 4.95. The van der Waals surface area contributed by atoms with E-state index >= 15 is 0 Å². The van der Waals surface area contributed by atoms with E-state index in [-0.39, 0.29) is 17.3 Å². The molecule has 4 rings (SSSR count). The van der Waals surface area contributed by atoms with Crippen molar-refractivity contribution in [2.75, 3.05) is 24.5 Å². The van der Waals surface area contributed by atoms with Crippen molar-refractivity contribution in [3.63, 3.8) is 0 Å². The largest absolute Gasteiger partial charge is 0.393 e. The van der Waals surface area contributed by atoms with Gasteiger partial charge in [0.2, 0.25) is 5.91 Å². The summed E-state index contributed by atoms with van der Waals surface area (Å²) in [5.74, 6) is 0.0822. The highest BCUT2D eigenvalue weighted by molar-refractivity contribution is 5.86. The minimum absolute atomic E-state index is 0.188. The summed E-state index contributed by atoms with van der Waals surface area (Å²) in [6.07, 6.45) is 6.14. The van der Waals surface area contributed by atoms with Gasteiger partial charge in [-0.05, 0) is 69.2 Å². The highest BCUT2D eigenvalue weighted by atomic mass is 19.1. The first-order valence-electron chi connectivity index (χ1n) is 9.57. The van der Waals surface area contributed by atoms with Crippen LogP contribution in [0.25, 0.3) is 0 Å². The van der Waals surface area contributed by atoms with Crippen LogP contribution in [-0.2, 0) is 4.79 Å². The van der Waals surface area contributed by atoms with Crippen molar-refractivity contribution in [2.24, 2.45) is 5.41 Å². The van der Waals surface area contributed by atoms with Crippen LogP contribution in [0.15, 0.2) is 24.3 Å². The number of aliphatic hydroxyl groups is 1. The van der Waals surface area contributed by atoms with E-state index in [0.717, 1.165) is 70.3 Å². The molecule has 3 aliphatic rings. The van der Waals surface area contributed by atoms with E-state index < -0.39 is 0 Å². The third kappa shape index (κ3) is 3.14. The van der Waals surface area contributed by atoms with Crippen LogP contribution in [0.3, 0.4) is 0 Å². The average molecular weight is 346 g/mol. The number of benzene rings is 1. The summed E-state index contributed by atoms with van der Waals surface area (Å²) in [6.45, 7) is 2.51. The zero-order valence-corrected chi connectivity index (χ0v) is 14.7. The number of anilines is 1. The predicted octanol–water partition coefficient (Wildman–Crippen LogP) is 2.95. The Hall–Kier alpha value is -1.62. The van der Waals surface area contributed by atoms with Gasteiger partial charge >= 0.3 is 0 Å². The number of aliphatic hydroxyl groups excluding tert-OH is 1. The zero-order chi connectivity index (χ0) is 17.4. The third-order valence-corrected chi connectivity index (χ3v) is 6.42. The number of amides is 1. The molecule has 0 unspecified atom stereocenters. The number of halogens is 1. The Morgan fingerprint density at radius 1 is 1.04 bits per heavy atom. The first-order chi connectivity index (χ1) is 12.1. The van der Waals surface area contributed by atoms with Gasteiger partial charge in [-0.1, -0.05) is 0 Å². The number of likely N-dealkylation sites (tertiary alicyclic amines) is 1. The highest BCUT2D eigenvalue weighted by Crippen LogP contribution is 2.43. The molecule has 2 saturated heterocycles. The molecular formula is C20H27FN2O2. The van der Waals surface area contributed by atoms with Crippen LogP contribution < -0.4 is 4.90 Å². The predicted molar refractivity (Wildman–Crippen MR) is 94.9 cm³/mol. The van der Waals surface area contributed by atoms with E-state index in [1.807, 2.05) is 12.1 Å². The van der Waals surface area contributed by atoms with Gasteiger partial charge < -0.3 is 14.9 Å². The topological polar surface area (TPSA) is 43.8 Å². The minimum atomic E-state index is -0.275. The van der Waals surface area contributed by atoms with Crippen LogP contribution in [0.2, 0.25) is 0 Å². The fraction of sp³-hybridized carbons (Fsp3) is 0.650. The van der Waals surface area contributed by atoms with E-state index in [1.54, 1.807) is 0 Å². The first-order valence-corrected chi connectivity index (χ1v) is 9.57. The van der Waals surface area contributed by atoms with Crippen molar-refractivity contribution in [3.8, 4) is 0 Å². The molecule has 1 aromatic rings. The number of rotatable bonds is 2. The second kappa shape index (κ2) is 6.60. The van der Waals surface area contributed by atoms with Crippen molar-refractivity contribution >= 4 is 11.6 Å². The third-order valence-electron chi connectivity index (χ3n) is 6.42. The Labute approximate surface area is 148 Å². The fourth-order valence-electron chi connectivity index (χ4n) is 4.95. The molecule has 1 saturated carbocycles. The quantitative estimate of drug-likeness (QED) is 0.895. The van der Waals surface area contributed by atoms with Gasteiger partial charge in [0, 0.05) is 31.4 Å². The molecule has 2 aliphatic heterocycles. The van der Waals surface area contributed by atoms with Gasteiger partial charge in [-0.15, -0.1) is 0 Å². The molecule has 4 nitrogen and oxygen atoms in total. The zero-order valence-electron chi connectivity index (χ0n) is 14.7. The normalized spacial score (nSPS) is 33.3. The molecule has 2 heterocycles. The lowest BCUT2D eigenvalue weighted by molar-refractivity contribution is -0.139. The Morgan fingerprint density at radius 3 is 2.48 bits per heavy atom. The van der Waals surface area contributed by atoms with Crippen LogP contribution in [0.1, 0.15) is 44.9 Å². The van der Waals surface area contributed by atoms with Gasteiger partial charge in [0.1, 0.15) is 5.82 Å². The number of carbonyl (C=O) groups excluding carboxylic acids is 1. The van der Waals surface area contributed by atoms with Crippen LogP contribution >= 0.6 is 0 Å². The van der Waals surface area contributed by atoms with Crippen molar-refractivity contribution in [3.05, 3.63) is 30.1 Å². The van der Waals surface area contributed by atoms with E-state index in [9.17, 15) is 14.3 Å². The molecule has 0 bridgehead atoms. The summed E-state index contributed by atoms with van der Waals surface area (Å²) in [5, 5.41) is 9.72. The number of hydrogen-bond acceptors (Lipinski definition) is 3. The maximum absolute atomic E-state index is 13.3. The van der Waals surface area contributed by atoms with E-state index in [0.29, 0.717) is 11.9 Å². The number of carbonyl (C=O) groups is 1. The maximum atomic E-state index is 13.3. The summed E-state index contributed by atoms with van der Waals surface area (Å²) in [7, 11) is 0. The summed E-state index contributed by atoms with van der Waals surface area (Å²) < 4.78 is 13.2. The van der Waals surface area contributed by atoms with Gasteiger partial charge in [-0.3, -0.25) is 4.79 Å². The Kier molecular flexibility index (Phi) is 4.44. The lowest BCUT2D eigenvalue weighted by Crippen LogP contribution is -2.50. The van der Waals surface area contributed by atoms with Crippen molar-refractivity contribution in [2.45, 2.75) is 57.1 Å². The molecule has 25 heavy (non-hydrogen) atoms. The minimum Gasteiger partial charge on any atom is -0.393 e. The molecule has 0 aromatic heterocycles. The van der Waals surface area contributed by atoms with Gasteiger partial charge in [0.15, 0.2) is 0 Å². The highest BCUT2D eigenvalue weighted by Gasteiger charge is 2.50. The van der Waals surface area contributed by atoms with E-state index in [1.165, 1.54) is 12.1 Å². The van der Waals surface area contributed by atoms with Crippen molar-refractivity contribution in [1.29, 1.82) is 0 Å². The monoisotopic (exact) mass is 346 g/mol. The van der Waals surface area contributed by atoms with Crippen LogP contribution in [-0.4, -0.2) is 47.7 Å². The standard InChI is InChI=1S/C20H27FN2O2/c21-15-2-4-16(5-3-15)22-12-1-10-20(14-22)11-13-23(19(20)25)17-6-8-18(24)9-7-17/h2-5,17-18,24H,1,6-14H2/t17?,18?,20-/m0/s1. The van der Waals surface area contributed by atoms with Gasteiger partial charge in [0.25, 0.3) is 0 Å². The SMILES string of the molecule is O=C1N(C2CCC(O)CC2)CC[C@]12CCCN(c1ccc(F)cc1)C2. The molecule has 1 spiro atoms. The molecule has 1 atom stereocenters. The summed E-state index contributed by atoms with van der Waals surface area (Å²) in [6, 6.07) is 6.91. The average Bonchev–Trinajstić information content (AvgIpc) is 2.93. The first kappa shape index (κ1) is 16.8. The van der Waals surface area contributed by atoms with Gasteiger partial charge in [-0.2, -0.15) is 0 Å². The lowest BCUT2D eigenvalue weighted by Gasteiger charge is -2.41. The molecule has 1 aromatic carbocycles. The second-order valence-corrected chi connectivity index (χ2v) is 7.99. The smallest absolute Gasteiger partial charge is 0.230 e. The maximum Gasteiger partial charge on any atom is 0.230 e. The van der Waals surface area contributed by atoms with Crippen LogP contribution in [0.5, 0.6) is 0 Å². The Bertz CT molecular complexity index is 627. The van der Waals surface area contributed by atoms with Crippen molar-refractivity contribution < 1.29 is 14.3 Å². The molecular weight excluding hydrogens is 319 g/mol. The Morgan fingerprint density at radius 2 is 1.76 bits per heavy atom. The van der Waals surface area contributed by atoms with Gasteiger partial charge in [0.05, 0.1) is 11.5 Å². The molecule has 5 heteroatoms. The summed E-state index contributed by atoms with van der Waals surface area (Å²) in [5.41, 5.74) is 0.732. The number of nitrogens with zero attached hydrogens (tertiary/aromatic N) is 2. The second-order valence-electron chi connectivity index (χ2n) is 7.99. The molecule has 1 amide bonds. The molecule has 1 aliphatic carbocycles. The van der Waals surface area contributed by atoms with Gasteiger partial charge in [-0.25, -0.2) is 4.39 Å². The van der Waals surface area contributed by atoms with Crippen LogP contribution in [0, 0.1) is 11.2 Å². The van der Waals surface area contributed by atoms with Crippen LogP contribution in [0.4, 0.5) is 10.1 Å². The van der Waals surface area contributed by atoms with E-state index in [2.05, 4.69) is 9.80 Å². The Balaban J connectivity index is 1.48. The summed E-state index contributed by atoms with van der Waals surface area (Å²) >= 11 is 0. The van der Waals surface area contributed by atoms with Crippen molar-refractivity contribution in [1.82, 2.24) is 4.90 Å². The molecule has 1 N–H and O–H groups in total. The molecule has 3 fully saturated rings. The molecule has 0 radical (unpaired) electrons.